The second-order valence-electron chi connectivity index (χ2n) is 9.41. The first kappa shape index (κ1) is 24.6. The molecule has 34 heavy (non-hydrogen) atoms. The summed E-state index contributed by atoms with van der Waals surface area (Å²) >= 11 is 3.50. The van der Waals surface area contributed by atoms with Gasteiger partial charge in [0.15, 0.2) is 6.54 Å². The van der Waals surface area contributed by atoms with E-state index in [1.807, 2.05) is 12.1 Å². The molecule has 0 aliphatic carbocycles. The van der Waals surface area contributed by atoms with Crippen LogP contribution in [-0.2, 0) is 12.0 Å². The van der Waals surface area contributed by atoms with Crippen molar-refractivity contribution in [2.75, 3.05) is 38.8 Å². The Morgan fingerprint density at radius 1 is 1.12 bits per heavy atom. The molecule has 0 radical (unpaired) electrons. The molecule has 0 saturated heterocycles. The van der Waals surface area contributed by atoms with E-state index >= 15 is 0 Å². The molecule has 4 nitrogen and oxygen atoms in total. The second kappa shape index (κ2) is 9.98. The van der Waals surface area contributed by atoms with Crippen molar-refractivity contribution in [2.24, 2.45) is 0 Å². The molecule has 1 N–H and O–H groups in total. The van der Waals surface area contributed by atoms with E-state index in [-0.39, 0.29) is 5.41 Å². The number of phenolic OH excluding ortho intramolecular Hbond substituents is 1. The maximum Gasteiger partial charge on any atom is 0.262 e. The van der Waals surface area contributed by atoms with Crippen LogP contribution in [0.1, 0.15) is 24.4 Å². The van der Waals surface area contributed by atoms with Crippen molar-refractivity contribution in [1.82, 2.24) is 4.90 Å². The minimum Gasteiger partial charge on any atom is -0.508 e. The number of hydrogen-bond acceptors (Lipinski definition) is 5. The Balaban J connectivity index is 1.57. The molecule has 0 amide bonds. The van der Waals surface area contributed by atoms with Crippen LogP contribution in [0, 0.1) is 0 Å². The summed E-state index contributed by atoms with van der Waals surface area (Å²) in [5.74, 6) is 0.310. The molecule has 1 aromatic heterocycles. The van der Waals surface area contributed by atoms with Crippen molar-refractivity contribution < 1.29 is 9.67 Å². The first-order valence-electron chi connectivity index (χ1n) is 11.5. The number of rotatable bonds is 7. The molecular weight excluding hydrogens is 458 g/mol. The van der Waals surface area contributed by atoms with Crippen molar-refractivity contribution in [3.8, 4) is 5.75 Å². The third kappa shape index (κ3) is 4.81. The summed E-state index contributed by atoms with van der Waals surface area (Å²) in [6.07, 6.45) is 12.9. The monoisotopic (exact) mass is 492 g/mol. The van der Waals surface area contributed by atoms with Crippen LogP contribution in [0.25, 0.3) is 16.3 Å². The molecule has 0 atom stereocenters. The standard InChI is InChI=1S/C28H33N3OS2/c1-28(2)22-19-21(33-6)13-15-23(22)30(5)26(28)10-8-7-9-11-27-31(17-16-29(3)4)24-14-12-20(32)18-25(24)34-27/h7-15,18-19H,16-17H2,1-6H3/p+1. The molecule has 1 aliphatic rings. The Kier molecular flexibility index (Phi) is 7.22. The van der Waals surface area contributed by atoms with Crippen LogP contribution in [0.5, 0.6) is 5.75 Å². The second-order valence-corrected chi connectivity index (χ2v) is 11.4. The number of hydrogen-bond donors (Lipinski definition) is 1. The highest BCUT2D eigenvalue weighted by atomic mass is 32.2. The van der Waals surface area contributed by atoms with Gasteiger partial charge in [0.05, 0.1) is 6.54 Å². The summed E-state index contributed by atoms with van der Waals surface area (Å²) in [4.78, 5) is 5.80. The van der Waals surface area contributed by atoms with E-state index in [4.69, 9.17) is 0 Å². The summed E-state index contributed by atoms with van der Waals surface area (Å²) in [5.41, 5.74) is 5.09. The fraction of sp³-hybridized carbons (Fsp3) is 0.321. The van der Waals surface area contributed by atoms with Crippen molar-refractivity contribution in [2.45, 2.75) is 30.7 Å². The van der Waals surface area contributed by atoms with Gasteiger partial charge in [-0.3, -0.25) is 0 Å². The van der Waals surface area contributed by atoms with Gasteiger partial charge in [-0.1, -0.05) is 43.4 Å². The summed E-state index contributed by atoms with van der Waals surface area (Å²) in [6, 6.07) is 12.4. The van der Waals surface area contributed by atoms with Gasteiger partial charge in [-0.05, 0) is 56.3 Å². The first-order valence-corrected chi connectivity index (χ1v) is 13.5. The molecule has 0 fully saturated rings. The number of phenols is 1. The quantitative estimate of drug-likeness (QED) is 0.247. The van der Waals surface area contributed by atoms with Gasteiger partial charge < -0.3 is 14.9 Å². The topological polar surface area (TPSA) is 30.6 Å². The van der Waals surface area contributed by atoms with Gasteiger partial charge in [-0.15, -0.1) is 11.8 Å². The van der Waals surface area contributed by atoms with E-state index < -0.39 is 0 Å². The number of nitrogens with zero attached hydrogens (tertiary/aromatic N) is 3. The summed E-state index contributed by atoms with van der Waals surface area (Å²) in [7, 11) is 6.34. The first-order chi connectivity index (χ1) is 16.2. The van der Waals surface area contributed by atoms with Crippen LogP contribution in [0.2, 0.25) is 0 Å². The van der Waals surface area contributed by atoms with Crippen LogP contribution in [-0.4, -0.2) is 43.9 Å². The third-order valence-electron chi connectivity index (χ3n) is 6.44. The lowest BCUT2D eigenvalue weighted by molar-refractivity contribution is -0.668. The van der Waals surface area contributed by atoms with Gasteiger partial charge in [-0.25, -0.2) is 0 Å². The summed E-state index contributed by atoms with van der Waals surface area (Å²) < 4.78 is 3.43. The highest BCUT2D eigenvalue weighted by Crippen LogP contribution is 2.47. The summed E-state index contributed by atoms with van der Waals surface area (Å²) in [6.45, 7) is 6.46. The van der Waals surface area contributed by atoms with E-state index in [2.05, 4.69) is 104 Å². The van der Waals surface area contributed by atoms with Crippen molar-refractivity contribution in [3.63, 3.8) is 0 Å². The van der Waals surface area contributed by atoms with Gasteiger partial charge in [-0.2, -0.15) is 4.57 Å². The minimum atomic E-state index is -0.0352. The maximum atomic E-state index is 9.90. The number of allylic oxidation sites excluding steroid dienone is 5. The number of thioether (sulfide) groups is 1. The zero-order valence-corrected chi connectivity index (χ0v) is 22.5. The van der Waals surface area contributed by atoms with Gasteiger partial charge >= 0.3 is 0 Å². The Morgan fingerprint density at radius 3 is 2.65 bits per heavy atom. The van der Waals surface area contributed by atoms with Gasteiger partial charge in [0.2, 0.25) is 5.52 Å². The van der Waals surface area contributed by atoms with Gasteiger partial charge in [0.25, 0.3) is 5.01 Å². The van der Waals surface area contributed by atoms with Crippen molar-refractivity contribution >= 4 is 45.1 Å². The predicted octanol–water partition coefficient (Wildman–Crippen LogP) is 6.06. The molecular formula is C28H34N3OS2+. The Bertz CT molecular complexity index is 1280. The molecule has 3 aromatic rings. The maximum absolute atomic E-state index is 9.90. The van der Waals surface area contributed by atoms with Crippen LogP contribution < -0.4 is 9.47 Å². The van der Waals surface area contributed by atoms with Crippen LogP contribution >= 0.6 is 23.1 Å². The lowest BCUT2D eigenvalue weighted by atomic mass is 9.84. The van der Waals surface area contributed by atoms with E-state index in [1.54, 1.807) is 29.2 Å². The summed E-state index contributed by atoms with van der Waals surface area (Å²) in [5, 5.41) is 11.1. The Morgan fingerprint density at radius 2 is 1.91 bits per heavy atom. The molecule has 2 heterocycles. The molecule has 4 rings (SSSR count). The number of aromatic hydroxyl groups is 1. The lowest BCUT2D eigenvalue weighted by Crippen LogP contribution is -2.39. The largest absolute Gasteiger partial charge is 0.508 e. The van der Waals surface area contributed by atoms with Gasteiger partial charge in [0, 0.05) is 47.0 Å². The Hall–Kier alpha value is -2.54. The van der Waals surface area contributed by atoms with E-state index in [0.717, 1.165) is 23.3 Å². The number of fused-ring (bicyclic) bond motifs is 2. The Labute approximate surface area is 211 Å². The molecule has 6 heteroatoms. The average Bonchev–Trinajstić information content (AvgIpc) is 3.23. The predicted molar refractivity (Wildman–Crippen MR) is 148 cm³/mol. The lowest BCUT2D eigenvalue weighted by Gasteiger charge is -2.23. The van der Waals surface area contributed by atoms with Crippen LogP contribution in [0.15, 0.2) is 71.3 Å². The SMILES string of the molecule is CSc1ccc2c(c1)C(C)(C)\C(=C/C=C/C=C/c1sc3cc(O)ccc3[n+]1CCN(C)C)N2C. The van der Waals surface area contributed by atoms with Crippen molar-refractivity contribution in [3.05, 3.63) is 77.0 Å². The number of anilines is 1. The smallest absolute Gasteiger partial charge is 0.262 e. The molecule has 0 unspecified atom stereocenters. The third-order valence-corrected chi connectivity index (χ3v) is 8.28. The minimum absolute atomic E-state index is 0.0352. The number of thiazole rings is 1. The zero-order valence-electron chi connectivity index (χ0n) is 20.9. The molecule has 1 aliphatic heterocycles. The van der Waals surface area contributed by atoms with Crippen LogP contribution in [0.4, 0.5) is 5.69 Å². The molecule has 2 aromatic carbocycles. The fourth-order valence-corrected chi connectivity index (χ4v) is 6.11. The number of aromatic nitrogens is 1. The highest BCUT2D eigenvalue weighted by molar-refractivity contribution is 7.98. The molecule has 0 bridgehead atoms. The molecule has 0 saturated carbocycles. The average molecular weight is 493 g/mol. The van der Waals surface area contributed by atoms with Crippen molar-refractivity contribution in [1.29, 1.82) is 0 Å². The van der Waals surface area contributed by atoms with E-state index in [0.29, 0.717) is 5.75 Å². The van der Waals surface area contributed by atoms with Gasteiger partial charge in [0.1, 0.15) is 10.4 Å². The molecule has 178 valence electrons. The van der Waals surface area contributed by atoms with E-state index in [9.17, 15) is 5.11 Å². The normalized spacial score (nSPS) is 16.7. The zero-order chi connectivity index (χ0) is 24.5. The number of likely N-dealkylation sites (N-methyl/N-ethyl adjacent to an activating group) is 2. The van der Waals surface area contributed by atoms with Crippen LogP contribution in [0.3, 0.4) is 0 Å². The fourth-order valence-electron chi connectivity index (χ4n) is 4.54. The highest BCUT2D eigenvalue weighted by Gasteiger charge is 2.38. The van der Waals surface area contributed by atoms with E-state index in [1.165, 1.54) is 26.9 Å². The molecule has 0 spiro atoms. The number of benzene rings is 2.